The number of nitrogens with one attached hydrogen (secondary N) is 1. The van der Waals surface area contributed by atoms with Crippen LogP contribution in [-0.2, 0) is 5.41 Å². The minimum absolute atomic E-state index is 0.0341. The fourth-order valence-corrected chi connectivity index (χ4v) is 2.59. The Hall–Kier alpha value is -1.07. The van der Waals surface area contributed by atoms with Crippen LogP contribution in [0.3, 0.4) is 0 Å². The average Bonchev–Trinajstić information content (AvgIpc) is 2.41. The van der Waals surface area contributed by atoms with Crippen LogP contribution >= 0.6 is 34.2 Å². The lowest BCUT2D eigenvalue weighted by molar-refractivity contribution is 0.102. The van der Waals surface area contributed by atoms with Gasteiger partial charge in [-0.1, -0.05) is 50.6 Å². The summed E-state index contributed by atoms with van der Waals surface area (Å²) in [4.78, 5) is 12.4. The van der Waals surface area contributed by atoms with E-state index in [1.54, 1.807) is 12.1 Å². The van der Waals surface area contributed by atoms with Crippen LogP contribution in [-0.4, -0.2) is 5.91 Å². The summed E-state index contributed by atoms with van der Waals surface area (Å²) in [7, 11) is 0. The third-order valence-corrected chi connectivity index (χ3v) is 4.74. The molecule has 2 rings (SSSR count). The predicted octanol–water partition coefficient (Wildman–Crippen LogP) is 5.49. The number of amides is 1. The topological polar surface area (TPSA) is 29.1 Å². The van der Waals surface area contributed by atoms with E-state index < -0.39 is 0 Å². The number of hydrogen-bond acceptors (Lipinski definition) is 1. The SMILES string of the molecule is CC(C)(C)c1ccccc1NC(=O)c1ccc(I)c(Cl)c1. The molecule has 2 aromatic rings. The van der Waals surface area contributed by atoms with Crippen molar-refractivity contribution in [2.24, 2.45) is 0 Å². The molecule has 0 aliphatic carbocycles. The lowest BCUT2D eigenvalue weighted by atomic mass is 9.86. The van der Waals surface area contributed by atoms with Gasteiger partial charge in [-0.05, 0) is 57.8 Å². The first-order chi connectivity index (χ1) is 9.79. The smallest absolute Gasteiger partial charge is 0.255 e. The third-order valence-electron chi connectivity index (χ3n) is 3.17. The molecule has 1 N–H and O–H groups in total. The van der Waals surface area contributed by atoms with Gasteiger partial charge >= 0.3 is 0 Å². The highest BCUT2D eigenvalue weighted by Crippen LogP contribution is 2.29. The van der Waals surface area contributed by atoms with Crippen molar-refractivity contribution in [2.75, 3.05) is 5.32 Å². The molecule has 4 heteroatoms. The number of halogens is 2. The summed E-state index contributed by atoms with van der Waals surface area (Å²) in [6.07, 6.45) is 0. The second-order valence-electron chi connectivity index (χ2n) is 5.88. The summed E-state index contributed by atoms with van der Waals surface area (Å²) < 4.78 is 0.931. The van der Waals surface area contributed by atoms with Gasteiger partial charge in [0.2, 0.25) is 0 Å². The number of rotatable bonds is 2. The molecule has 110 valence electrons. The van der Waals surface area contributed by atoms with Crippen LogP contribution in [0.15, 0.2) is 42.5 Å². The second-order valence-corrected chi connectivity index (χ2v) is 7.45. The Morgan fingerprint density at radius 3 is 2.43 bits per heavy atom. The maximum absolute atomic E-state index is 12.4. The van der Waals surface area contributed by atoms with Crippen molar-refractivity contribution >= 4 is 45.8 Å². The molecule has 0 heterocycles. The lowest BCUT2D eigenvalue weighted by Crippen LogP contribution is -2.18. The maximum Gasteiger partial charge on any atom is 0.255 e. The number of carbonyl (C=O) groups is 1. The highest BCUT2D eigenvalue weighted by Gasteiger charge is 2.19. The van der Waals surface area contributed by atoms with E-state index in [0.717, 1.165) is 14.8 Å². The summed E-state index contributed by atoms with van der Waals surface area (Å²) in [5, 5.41) is 3.57. The number of para-hydroxylation sites is 1. The summed E-state index contributed by atoms with van der Waals surface area (Å²) in [5.41, 5.74) is 2.47. The van der Waals surface area contributed by atoms with Crippen molar-refractivity contribution in [1.82, 2.24) is 0 Å². The zero-order chi connectivity index (χ0) is 15.6. The first-order valence-electron chi connectivity index (χ1n) is 6.65. The van der Waals surface area contributed by atoms with Crippen LogP contribution in [0.25, 0.3) is 0 Å². The molecule has 0 unspecified atom stereocenters. The van der Waals surface area contributed by atoms with Crippen molar-refractivity contribution < 1.29 is 4.79 Å². The van der Waals surface area contributed by atoms with Gasteiger partial charge in [-0.25, -0.2) is 0 Å². The molecule has 0 aliphatic heterocycles. The summed E-state index contributed by atoms with van der Waals surface area (Å²) in [5.74, 6) is -0.148. The normalized spacial score (nSPS) is 11.3. The molecule has 0 saturated carbocycles. The molecule has 1 amide bonds. The van der Waals surface area contributed by atoms with Crippen molar-refractivity contribution in [1.29, 1.82) is 0 Å². The van der Waals surface area contributed by atoms with Crippen LogP contribution in [0.4, 0.5) is 5.69 Å². The van der Waals surface area contributed by atoms with E-state index in [2.05, 4.69) is 48.7 Å². The van der Waals surface area contributed by atoms with Gasteiger partial charge in [-0.2, -0.15) is 0 Å². The number of carbonyl (C=O) groups excluding carboxylic acids is 1. The highest BCUT2D eigenvalue weighted by atomic mass is 127. The van der Waals surface area contributed by atoms with E-state index in [0.29, 0.717) is 10.6 Å². The van der Waals surface area contributed by atoms with E-state index in [1.165, 1.54) is 0 Å². The summed E-state index contributed by atoms with van der Waals surface area (Å²) >= 11 is 8.22. The molecule has 0 aliphatic rings. The van der Waals surface area contributed by atoms with E-state index >= 15 is 0 Å². The van der Waals surface area contributed by atoms with Gasteiger partial charge in [-0.3, -0.25) is 4.79 Å². The zero-order valence-electron chi connectivity index (χ0n) is 12.2. The predicted molar refractivity (Wildman–Crippen MR) is 97.3 cm³/mol. The molecule has 2 nitrogen and oxygen atoms in total. The lowest BCUT2D eigenvalue weighted by Gasteiger charge is -2.23. The Bertz CT molecular complexity index is 677. The van der Waals surface area contributed by atoms with E-state index in [4.69, 9.17) is 11.6 Å². The molecule has 0 spiro atoms. The van der Waals surface area contributed by atoms with Gasteiger partial charge in [0.1, 0.15) is 0 Å². The molecule has 0 aromatic heterocycles. The highest BCUT2D eigenvalue weighted by molar-refractivity contribution is 14.1. The Morgan fingerprint density at radius 2 is 1.81 bits per heavy atom. The first kappa shape index (κ1) is 16.3. The van der Waals surface area contributed by atoms with Gasteiger partial charge in [-0.15, -0.1) is 0 Å². The average molecular weight is 414 g/mol. The molecule has 0 saturated heterocycles. The van der Waals surface area contributed by atoms with Gasteiger partial charge < -0.3 is 5.32 Å². The molecule has 0 bridgehead atoms. The minimum Gasteiger partial charge on any atom is -0.322 e. The second kappa shape index (κ2) is 6.36. The molecular weight excluding hydrogens is 397 g/mol. The number of anilines is 1. The summed E-state index contributed by atoms with van der Waals surface area (Å²) in [6, 6.07) is 13.2. The number of benzene rings is 2. The van der Waals surface area contributed by atoms with Crippen LogP contribution in [0.1, 0.15) is 36.7 Å². The largest absolute Gasteiger partial charge is 0.322 e. The Kier molecular flexibility index (Phi) is 4.94. The van der Waals surface area contributed by atoms with E-state index in [1.807, 2.05) is 30.3 Å². The molecule has 2 aromatic carbocycles. The monoisotopic (exact) mass is 413 g/mol. The van der Waals surface area contributed by atoms with Crippen LogP contribution in [0, 0.1) is 3.57 Å². The third kappa shape index (κ3) is 3.98. The van der Waals surface area contributed by atoms with Crippen molar-refractivity contribution in [3.05, 3.63) is 62.2 Å². The molecular formula is C17H17ClINO. The van der Waals surface area contributed by atoms with Crippen molar-refractivity contribution in [3.63, 3.8) is 0 Å². The van der Waals surface area contributed by atoms with Crippen LogP contribution < -0.4 is 5.32 Å². The Morgan fingerprint density at radius 1 is 1.14 bits per heavy atom. The van der Waals surface area contributed by atoms with Crippen molar-refractivity contribution in [2.45, 2.75) is 26.2 Å². The molecule has 0 atom stereocenters. The van der Waals surface area contributed by atoms with E-state index in [-0.39, 0.29) is 11.3 Å². The number of hydrogen-bond donors (Lipinski definition) is 1. The van der Waals surface area contributed by atoms with Gasteiger partial charge in [0.25, 0.3) is 5.91 Å². The van der Waals surface area contributed by atoms with E-state index in [9.17, 15) is 4.79 Å². The quantitative estimate of drug-likeness (QED) is 0.648. The molecule has 21 heavy (non-hydrogen) atoms. The fraction of sp³-hybridized carbons (Fsp3) is 0.235. The minimum atomic E-state index is -0.148. The fourth-order valence-electron chi connectivity index (χ4n) is 2.08. The Labute approximate surface area is 144 Å². The van der Waals surface area contributed by atoms with Gasteiger partial charge in [0.05, 0.1) is 5.02 Å². The van der Waals surface area contributed by atoms with Crippen molar-refractivity contribution in [3.8, 4) is 0 Å². The Balaban J connectivity index is 2.30. The van der Waals surface area contributed by atoms with Gasteiger partial charge in [0.15, 0.2) is 0 Å². The van der Waals surface area contributed by atoms with Crippen LogP contribution in [0.2, 0.25) is 5.02 Å². The van der Waals surface area contributed by atoms with Gasteiger partial charge in [0, 0.05) is 14.8 Å². The summed E-state index contributed by atoms with van der Waals surface area (Å²) in [6.45, 7) is 6.37. The molecule has 0 fully saturated rings. The first-order valence-corrected chi connectivity index (χ1v) is 8.10. The van der Waals surface area contributed by atoms with Crippen LogP contribution in [0.5, 0.6) is 0 Å². The standard InChI is InChI=1S/C17H17ClINO/c1-17(2,3)12-6-4-5-7-15(12)20-16(21)11-8-9-14(19)13(18)10-11/h4-10H,1-3H3,(H,20,21). The molecule has 0 radical (unpaired) electrons. The maximum atomic E-state index is 12.4. The zero-order valence-corrected chi connectivity index (χ0v) is 15.1.